The highest BCUT2D eigenvalue weighted by Crippen LogP contribution is 2.05. The summed E-state index contributed by atoms with van der Waals surface area (Å²) in [4.78, 5) is 11.1. The number of hydrogen-bond donors (Lipinski definition) is 1. The van der Waals surface area contributed by atoms with E-state index in [0.717, 1.165) is 11.5 Å². The van der Waals surface area contributed by atoms with Crippen LogP contribution in [0.25, 0.3) is 0 Å². The van der Waals surface area contributed by atoms with E-state index in [0.29, 0.717) is 6.54 Å². The van der Waals surface area contributed by atoms with Gasteiger partial charge in [-0.3, -0.25) is 10.1 Å². The number of hydrogen-bond acceptors (Lipinski definition) is 4. The molecule has 1 aromatic rings. The molecular formula is C11H17NO3. The molecule has 0 aliphatic carbocycles. The lowest BCUT2D eigenvalue weighted by Crippen LogP contribution is -2.26. The number of esters is 1. The fourth-order valence-corrected chi connectivity index (χ4v) is 1.17. The van der Waals surface area contributed by atoms with Crippen LogP contribution >= 0.6 is 0 Å². The number of carbonyl (C=O) groups is 1. The zero-order valence-corrected chi connectivity index (χ0v) is 9.37. The molecule has 0 amide bonds. The number of nitrogens with one attached hydrogen (secondary N) is 1. The Bertz CT molecular complexity index is 317. The van der Waals surface area contributed by atoms with E-state index < -0.39 is 0 Å². The summed E-state index contributed by atoms with van der Waals surface area (Å²) in [6, 6.07) is 3.78. The number of ether oxygens (including phenoxy) is 1. The molecule has 0 aromatic carbocycles. The van der Waals surface area contributed by atoms with Crippen molar-refractivity contribution in [1.82, 2.24) is 5.32 Å². The van der Waals surface area contributed by atoms with Gasteiger partial charge in [0.2, 0.25) is 0 Å². The third-order valence-corrected chi connectivity index (χ3v) is 1.73. The van der Waals surface area contributed by atoms with Gasteiger partial charge >= 0.3 is 5.97 Å². The predicted octanol–water partition coefficient (Wildman–Crippen LogP) is 1.63. The third-order valence-electron chi connectivity index (χ3n) is 1.73. The highest BCUT2D eigenvalue weighted by molar-refractivity contribution is 5.71. The average Bonchev–Trinajstić information content (AvgIpc) is 2.50. The lowest BCUT2D eigenvalue weighted by molar-refractivity contribution is -0.146. The molecule has 1 rings (SSSR count). The Morgan fingerprint density at radius 2 is 2.27 bits per heavy atom. The molecule has 0 aliphatic rings. The van der Waals surface area contributed by atoms with Gasteiger partial charge in [-0.1, -0.05) is 0 Å². The van der Waals surface area contributed by atoms with Crippen molar-refractivity contribution in [3.63, 3.8) is 0 Å². The van der Waals surface area contributed by atoms with Gasteiger partial charge in [-0.25, -0.2) is 0 Å². The molecule has 1 aromatic heterocycles. The van der Waals surface area contributed by atoms with Gasteiger partial charge < -0.3 is 9.15 Å². The summed E-state index contributed by atoms with van der Waals surface area (Å²) in [5.41, 5.74) is 0. The zero-order valence-electron chi connectivity index (χ0n) is 9.37. The van der Waals surface area contributed by atoms with Crippen molar-refractivity contribution < 1.29 is 13.9 Å². The predicted molar refractivity (Wildman–Crippen MR) is 56.4 cm³/mol. The van der Waals surface area contributed by atoms with Crippen LogP contribution in [0.15, 0.2) is 16.5 Å². The van der Waals surface area contributed by atoms with Crippen LogP contribution in [0.1, 0.15) is 25.4 Å². The van der Waals surface area contributed by atoms with Crippen LogP contribution in [0.2, 0.25) is 0 Å². The van der Waals surface area contributed by atoms with E-state index in [-0.39, 0.29) is 18.6 Å². The monoisotopic (exact) mass is 211 g/mol. The van der Waals surface area contributed by atoms with Crippen LogP contribution < -0.4 is 5.32 Å². The number of furan rings is 1. The minimum Gasteiger partial charge on any atom is -0.465 e. The van der Waals surface area contributed by atoms with Crippen molar-refractivity contribution in [2.24, 2.45) is 0 Å². The van der Waals surface area contributed by atoms with Gasteiger partial charge in [-0.05, 0) is 32.9 Å². The van der Waals surface area contributed by atoms with Crippen molar-refractivity contribution in [2.45, 2.75) is 33.4 Å². The molecule has 4 nitrogen and oxygen atoms in total. The zero-order chi connectivity index (χ0) is 11.3. The van der Waals surface area contributed by atoms with Crippen molar-refractivity contribution in [3.05, 3.63) is 23.7 Å². The molecule has 0 unspecified atom stereocenters. The average molecular weight is 211 g/mol. The summed E-state index contributed by atoms with van der Waals surface area (Å²) >= 11 is 0. The van der Waals surface area contributed by atoms with E-state index in [2.05, 4.69) is 5.32 Å². The Labute approximate surface area is 89.6 Å². The van der Waals surface area contributed by atoms with Crippen LogP contribution in [-0.4, -0.2) is 18.6 Å². The molecule has 0 spiro atoms. The largest absolute Gasteiger partial charge is 0.465 e. The maximum atomic E-state index is 11.1. The first-order valence-corrected chi connectivity index (χ1v) is 5.03. The van der Waals surface area contributed by atoms with E-state index in [4.69, 9.17) is 9.15 Å². The second kappa shape index (κ2) is 5.56. The molecule has 0 saturated carbocycles. The van der Waals surface area contributed by atoms with Gasteiger partial charge in [0, 0.05) is 0 Å². The van der Waals surface area contributed by atoms with Crippen molar-refractivity contribution >= 4 is 5.97 Å². The molecule has 4 heteroatoms. The maximum Gasteiger partial charge on any atom is 0.320 e. The van der Waals surface area contributed by atoms with Gasteiger partial charge in [-0.15, -0.1) is 0 Å². The maximum absolute atomic E-state index is 11.1. The van der Waals surface area contributed by atoms with Crippen LogP contribution in [0.5, 0.6) is 0 Å². The number of carbonyl (C=O) groups excluding carboxylic acids is 1. The first kappa shape index (κ1) is 11.8. The number of rotatable bonds is 5. The fraction of sp³-hybridized carbons (Fsp3) is 0.545. The molecule has 0 saturated heterocycles. The molecule has 0 fully saturated rings. The van der Waals surface area contributed by atoms with E-state index >= 15 is 0 Å². The lowest BCUT2D eigenvalue weighted by Gasteiger charge is -2.07. The minimum atomic E-state index is -0.242. The molecule has 0 aliphatic heterocycles. The van der Waals surface area contributed by atoms with Crippen LogP contribution in [0.4, 0.5) is 0 Å². The topological polar surface area (TPSA) is 51.5 Å². The van der Waals surface area contributed by atoms with Gasteiger partial charge in [0.25, 0.3) is 0 Å². The van der Waals surface area contributed by atoms with Gasteiger partial charge in [0.1, 0.15) is 11.5 Å². The highest BCUT2D eigenvalue weighted by Gasteiger charge is 2.05. The minimum absolute atomic E-state index is 0.0647. The summed E-state index contributed by atoms with van der Waals surface area (Å²) in [5, 5.41) is 2.95. The quantitative estimate of drug-likeness (QED) is 0.752. The van der Waals surface area contributed by atoms with E-state index in [1.165, 1.54) is 0 Å². The van der Waals surface area contributed by atoms with Crippen LogP contribution in [0, 0.1) is 6.92 Å². The van der Waals surface area contributed by atoms with Crippen LogP contribution in [0.3, 0.4) is 0 Å². The highest BCUT2D eigenvalue weighted by atomic mass is 16.5. The van der Waals surface area contributed by atoms with E-state index in [1.807, 2.05) is 32.9 Å². The standard InChI is InChI=1S/C11H17NO3/c1-8(2)14-11(13)7-12-6-10-5-4-9(3)15-10/h4-5,8,12H,6-7H2,1-3H3. The Balaban J connectivity index is 2.19. The summed E-state index contributed by atoms with van der Waals surface area (Å²) < 4.78 is 10.3. The first-order valence-electron chi connectivity index (χ1n) is 5.03. The molecule has 15 heavy (non-hydrogen) atoms. The van der Waals surface area contributed by atoms with Crippen LogP contribution in [-0.2, 0) is 16.1 Å². The van der Waals surface area contributed by atoms with Gasteiger partial charge in [-0.2, -0.15) is 0 Å². The Hall–Kier alpha value is -1.29. The lowest BCUT2D eigenvalue weighted by atomic mass is 10.4. The molecule has 1 heterocycles. The molecule has 1 N–H and O–H groups in total. The second-order valence-electron chi connectivity index (χ2n) is 3.65. The summed E-state index contributed by atoms with van der Waals surface area (Å²) in [5.74, 6) is 1.45. The Kier molecular flexibility index (Phi) is 4.37. The van der Waals surface area contributed by atoms with Gasteiger partial charge in [0.05, 0.1) is 19.2 Å². The van der Waals surface area contributed by atoms with Crippen molar-refractivity contribution in [1.29, 1.82) is 0 Å². The second-order valence-corrected chi connectivity index (χ2v) is 3.65. The summed E-state index contributed by atoms with van der Waals surface area (Å²) in [7, 11) is 0. The molecular weight excluding hydrogens is 194 g/mol. The normalized spacial score (nSPS) is 10.7. The van der Waals surface area contributed by atoms with E-state index in [1.54, 1.807) is 0 Å². The Morgan fingerprint density at radius 1 is 1.53 bits per heavy atom. The summed E-state index contributed by atoms with van der Waals surface area (Å²) in [6.45, 7) is 6.29. The molecule has 84 valence electrons. The number of aryl methyl sites for hydroxylation is 1. The van der Waals surface area contributed by atoms with Crippen molar-refractivity contribution in [3.8, 4) is 0 Å². The molecule has 0 bridgehead atoms. The van der Waals surface area contributed by atoms with Crippen molar-refractivity contribution in [2.75, 3.05) is 6.54 Å². The van der Waals surface area contributed by atoms with Gasteiger partial charge in [0.15, 0.2) is 0 Å². The SMILES string of the molecule is Cc1ccc(CNCC(=O)OC(C)C)o1. The Morgan fingerprint density at radius 3 is 2.80 bits per heavy atom. The smallest absolute Gasteiger partial charge is 0.320 e. The van der Waals surface area contributed by atoms with E-state index in [9.17, 15) is 4.79 Å². The fourth-order valence-electron chi connectivity index (χ4n) is 1.17. The molecule has 0 atom stereocenters. The first-order chi connectivity index (χ1) is 7.08. The third kappa shape index (κ3) is 4.65. The molecule has 0 radical (unpaired) electrons. The summed E-state index contributed by atoms with van der Waals surface area (Å²) in [6.07, 6.45) is -0.0647.